The summed E-state index contributed by atoms with van der Waals surface area (Å²) in [6, 6.07) is 31.9. The third-order valence-corrected chi connectivity index (χ3v) is 10.6. The number of nitrogens with one attached hydrogen (secondary N) is 1. The van der Waals surface area contributed by atoms with E-state index in [9.17, 15) is 9.59 Å². The van der Waals surface area contributed by atoms with Crippen LogP contribution < -0.4 is 31.4 Å². The molecule has 0 aliphatic rings. The maximum Gasteiger partial charge on any atom is 0.360 e. The van der Waals surface area contributed by atoms with Gasteiger partial charge in [-0.1, -0.05) is 81.8 Å². The summed E-state index contributed by atoms with van der Waals surface area (Å²) in [7, 11) is 0. The second-order valence-corrected chi connectivity index (χ2v) is 15.1. The molecule has 0 spiro atoms. The van der Waals surface area contributed by atoms with Gasteiger partial charge in [-0.15, -0.1) is 0 Å². The van der Waals surface area contributed by atoms with Crippen molar-refractivity contribution in [1.82, 2.24) is 9.97 Å². The van der Waals surface area contributed by atoms with Crippen molar-refractivity contribution in [3.05, 3.63) is 145 Å². The molecule has 5 rings (SSSR count). The number of carbonyl (C=O) groups excluding carboxylic acids is 2. The minimum absolute atomic E-state index is 0.0326. The van der Waals surface area contributed by atoms with Crippen molar-refractivity contribution in [3.8, 4) is 0 Å². The molecule has 0 radical (unpaired) electrons. The van der Waals surface area contributed by atoms with E-state index in [1.165, 1.54) is 20.3 Å². The van der Waals surface area contributed by atoms with Gasteiger partial charge in [0.1, 0.15) is 0 Å². The van der Waals surface area contributed by atoms with Crippen molar-refractivity contribution in [1.29, 1.82) is 0 Å². The van der Waals surface area contributed by atoms with Crippen LogP contribution in [0.15, 0.2) is 109 Å². The Bertz CT molecular complexity index is 1720. The Morgan fingerprint density at radius 1 is 0.646 bits per heavy atom. The Morgan fingerprint density at radius 3 is 1.67 bits per heavy atom. The molecule has 5 aromatic rings. The fourth-order valence-corrected chi connectivity index (χ4v) is 6.99. The molecule has 3 aromatic carbocycles. The lowest BCUT2D eigenvalue weighted by Crippen LogP contribution is -3.62. The van der Waals surface area contributed by atoms with Gasteiger partial charge in [-0.2, -0.15) is 0 Å². The lowest BCUT2D eigenvalue weighted by atomic mass is 10.1. The van der Waals surface area contributed by atoms with Gasteiger partial charge in [0.15, 0.2) is 3.57 Å². The Balaban J connectivity index is 0.000000200. The Morgan fingerprint density at radius 2 is 1.19 bits per heavy atom. The maximum absolute atomic E-state index is 12.4. The lowest BCUT2D eigenvalue weighted by molar-refractivity contribution is -0.599. The van der Waals surface area contributed by atoms with E-state index in [-0.39, 0.29) is 44.9 Å². The fourth-order valence-electron chi connectivity index (χ4n) is 4.57. The smallest absolute Gasteiger partial charge is 0.326 e. The Labute approximate surface area is 297 Å². The van der Waals surface area contributed by atoms with Crippen LogP contribution in [-0.4, -0.2) is 21.8 Å². The number of pyridine rings is 2. The first-order valence-electron chi connectivity index (χ1n) is 16.2. The molecular formula is C41H48IN4O2+. The third-order valence-electron chi connectivity index (χ3n) is 7.11. The number of para-hydroxylation sites is 2. The number of rotatable bonds is 7. The Hall–Kier alpha value is -4.37. The lowest BCUT2D eigenvalue weighted by Gasteiger charge is -2.24. The summed E-state index contributed by atoms with van der Waals surface area (Å²) in [5.41, 5.74) is 8.77. The van der Waals surface area contributed by atoms with Gasteiger partial charge in [0.2, 0.25) is 15.4 Å². The molecule has 2 heterocycles. The van der Waals surface area contributed by atoms with Gasteiger partial charge in [0, 0.05) is 45.7 Å². The van der Waals surface area contributed by atoms with Gasteiger partial charge in [-0.3, -0.25) is 24.5 Å². The van der Waals surface area contributed by atoms with E-state index in [0.29, 0.717) is 0 Å². The van der Waals surface area contributed by atoms with Crippen molar-refractivity contribution >= 4 is 28.9 Å². The van der Waals surface area contributed by atoms with Crippen molar-refractivity contribution in [2.75, 3.05) is 10.2 Å². The second-order valence-electron chi connectivity index (χ2n) is 12.3. The van der Waals surface area contributed by atoms with Crippen LogP contribution in [0.1, 0.15) is 55.8 Å². The molecule has 0 unspecified atom stereocenters. The number of aryl methyl sites for hydroxylation is 5. The van der Waals surface area contributed by atoms with Crippen LogP contribution in [0.5, 0.6) is 0 Å². The van der Waals surface area contributed by atoms with E-state index in [4.69, 9.17) is 0 Å². The first-order valence-corrected chi connectivity index (χ1v) is 18.3. The van der Waals surface area contributed by atoms with Crippen molar-refractivity contribution in [2.45, 2.75) is 62.3 Å². The van der Waals surface area contributed by atoms with E-state index in [0.717, 1.165) is 28.5 Å². The molecule has 6 nitrogen and oxygen atoms in total. The Kier molecular flexibility index (Phi) is 14.9. The second kappa shape index (κ2) is 18.8. The van der Waals surface area contributed by atoms with Crippen LogP contribution in [0.4, 0.5) is 17.1 Å². The number of amides is 2. The zero-order valence-electron chi connectivity index (χ0n) is 29.6. The van der Waals surface area contributed by atoms with Gasteiger partial charge in [-0.25, -0.2) is 0 Å². The molecule has 0 atom stereocenters. The predicted octanol–water partition coefficient (Wildman–Crippen LogP) is 6.44. The number of aromatic nitrogens is 2. The van der Waals surface area contributed by atoms with Crippen LogP contribution in [0.2, 0.25) is 0 Å². The molecular weight excluding hydrogens is 707 g/mol. The summed E-state index contributed by atoms with van der Waals surface area (Å²) < 4.78 is 2.93. The monoisotopic (exact) mass is 755 g/mol. The maximum atomic E-state index is 12.4. The first-order chi connectivity index (χ1) is 22.8. The van der Waals surface area contributed by atoms with E-state index in [1.54, 1.807) is 14.7 Å². The zero-order chi connectivity index (χ0) is 35.2. The number of hydrogen-bond donors (Lipinski definition) is 1. The van der Waals surface area contributed by atoms with Crippen LogP contribution in [-0.2, 0) is 9.59 Å². The summed E-state index contributed by atoms with van der Waals surface area (Å²) >= 11 is -0.103. The number of nitrogens with zero attached hydrogens (tertiary/aromatic N) is 3. The number of hydrogen-bond acceptors (Lipinski definition) is 4. The highest BCUT2D eigenvalue weighted by molar-refractivity contribution is 6.01. The van der Waals surface area contributed by atoms with Crippen molar-refractivity contribution in [3.63, 3.8) is 0 Å². The molecule has 7 heteroatoms. The van der Waals surface area contributed by atoms with Gasteiger partial charge in [0.05, 0.1) is 18.1 Å². The minimum Gasteiger partial charge on any atom is -0.326 e. The largest absolute Gasteiger partial charge is 0.360 e. The number of halogens is 1. The van der Waals surface area contributed by atoms with Crippen LogP contribution in [0.3, 0.4) is 0 Å². The molecule has 0 aliphatic heterocycles. The average Bonchev–Trinajstić information content (AvgIpc) is 3.06. The SMILES string of the molecule is CC(C)C(=O)Nc1ccccc1.Cc1cc(C)c([I+]c2ccc(C)nc2)c(C)c1.Cc1ccc(N(C(=O)C(C)C)c2ccccc2)cn1. The van der Waals surface area contributed by atoms with Gasteiger partial charge < -0.3 is 5.32 Å². The molecule has 0 aliphatic carbocycles. The minimum atomic E-state index is -0.103. The van der Waals surface area contributed by atoms with E-state index < -0.39 is 0 Å². The fraction of sp³-hybridized carbons (Fsp3) is 0.268. The predicted molar refractivity (Wildman–Crippen MR) is 194 cm³/mol. The topological polar surface area (TPSA) is 75.2 Å². The molecule has 2 amide bonds. The van der Waals surface area contributed by atoms with Crippen LogP contribution in [0, 0.1) is 53.6 Å². The molecule has 0 saturated carbocycles. The van der Waals surface area contributed by atoms with E-state index in [2.05, 4.69) is 60.3 Å². The average molecular weight is 756 g/mol. The number of carbonyl (C=O) groups is 2. The van der Waals surface area contributed by atoms with Gasteiger partial charge in [-0.05, 0) is 83.1 Å². The molecule has 48 heavy (non-hydrogen) atoms. The summed E-state index contributed by atoms with van der Waals surface area (Å²) in [5.74, 6) is 0.0877. The third kappa shape index (κ3) is 12.0. The van der Waals surface area contributed by atoms with Gasteiger partial charge >= 0.3 is 21.2 Å². The van der Waals surface area contributed by atoms with Crippen molar-refractivity contribution in [2.24, 2.45) is 11.8 Å². The number of benzene rings is 3. The zero-order valence-corrected chi connectivity index (χ0v) is 31.7. The molecule has 0 fully saturated rings. The van der Waals surface area contributed by atoms with Crippen LogP contribution >= 0.6 is 0 Å². The standard InChI is InChI=1S/C16H18N2O.C15H17IN.C10H13NO/c1-12(2)16(19)18(14-7-5-4-6-8-14)15-10-9-13(3)17-11-15;1-10-7-11(2)15(12(3)8-10)16-14-6-5-13(4)17-9-14;1-8(2)10(12)11-9-6-4-3-5-7-9/h4-12H,1-3H3;5-9H,1-4H3;3-8H,1-2H3,(H,11,12)/q;+1;. The highest BCUT2D eigenvalue weighted by Gasteiger charge is 2.22. The summed E-state index contributed by atoms with van der Waals surface area (Å²) in [5, 5.41) is 2.80. The summed E-state index contributed by atoms with van der Waals surface area (Å²) in [4.78, 5) is 34.0. The highest BCUT2D eigenvalue weighted by atomic mass is 127. The highest BCUT2D eigenvalue weighted by Crippen LogP contribution is 2.26. The quantitative estimate of drug-likeness (QED) is 0.194. The van der Waals surface area contributed by atoms with Gasteiger partial charge in [0.25, 0.3) is 0 Å². The number of anilines is 3. The normalized spacial score (nSPS) is 10.4. The molecule has 250 valence electrons. The molecule has 0 saturated heterocycles. The molecule has 0 bridgehead atoms. The van der Waals surface area contributed by atoms with Crippen molar-refractivity contribution < 1.29 is 30.8 Å². The van der Waals surface area contributed by atoms with Crippen LogP contribution in [0.25, 0.3) is 0 Å². The molecule has 1 N–H and O–H groups in total. The first kappa shape index (κ1) is 38.1. The summed E-state index contributed by atoms with van der Waals surface area (Å²) in [6.07, 6.45) is 3.77. The summed E-state index contributed by atoms with van der Waals surface area (Å²) in [6.45, 7) is 18.1. The van der Waals surface area contributed by atoms with E-state index in [1.807, 2.05) is 121 Å². The van der Waals surface area contributed by atoms with E-state index >= 15 is 0 Å². The molecule has 2 aromatic heterocycles.